The molecule has 0 saturated carbocycles. The number of aliphatic hydroxyl groups is 1. The van der Waals surface area contributed by atoms with E-state index in [-0.39, 0.29) is 28.7 Å². The Morgan fingerprint density at radius 2 is 2.00 bits per heavy atom. The molecular weight excluding hydrogens is 398 g/mol. The highest BCUT2D eigenvalue weighted by Gasteiger charge is 2.28. The fraction of sp³-hybridized carbons (Fsp3) is 0.111. The molecule has 0 unspecified atom stereocenters. The van der Waals surface area contributed by atoms with Gasteiger partial charge in [-0.05, 0) is 39.8 Å². The van der Waals surface area contributed by atoms with E-state index in [0.717, 1.165) is 5.56 Å². The number of nitrogens with zero attached hydrogens (tertiary/aromatic N) is 5. The third-order valence-electron chi connectivity index (χ3n) is 4.21. The molecule has 2 heterocycles. The van der Waals surface area contributed by atoms with Crippen LogP contribution in [0.25, 0.3) is 22.9 Å². The highest BCUT2D eigenvalue weighted by Crippen LogP contribution is 2.24. The van der Waals surface area contributed by atoms with Gasteiger partial charge in [0.15, 0.2) is 6.26 Å². The molecule has 0 fully saturated rings. The fourth-order valence-electron chi connectivity index (χ4n) is 2.91. The van der Waals surface area contributed by atoms with Crippen molar-refractivity contribution in [3.05, 3.63) is 66.2 Å². The van der Waals surface area contributed by atoms with Gasteiger partial charge >= 0.3 is 5.82 Å². The molecule has 0 aliphatic rings. The van der Waals surface area contributed by atoms with Gasteiger partial charge < -0.3 is 9.52 Å². The van der Waals surface area contributed by atoms with Crippen LogP contribution in [0, 0.1) is 6.92 Å². The summed E-state index contributed by atoms with van der Waals surface area (Å²) in [5, 5.41) is 18.6. The number of aliphatic hydroxyl groups excluding tert-OH is 1. The highest BCUT2D eigenvalue weighted by molar-refractivity contribution is 7.86. The van der Waals surface area contributed by atoms with E-state index in [1.807, 2.05) is 13.0 Å². The molecule has 0 atom stereocenters. The highest BCUT2D eigenvalue weighted by atomic mass is 32.2. The number of benzene rings is 2. The molecule has 2 aromatic heterocycles. The molecule has 0 radical (unpaired) electrons. The van der Waals surface area contributed by atoms with Crippen LogP contribution in [-0.4, -0.2) is 38.1 Å². The maximum Gasteiger partial charge on any atom is 0.344 e. The molecule has 4 aromatic rings. The standard InChI is InChI=1S/C18H15N5O5S/c1-12-6-7-15(13(8-12)9-24)22-20-18(21-23(22)17-10-28-11-19-17)14-4-2-3-5-16(14)29(25,26)27/h2-8,10-11,24H,9H2,1H3/p+1. The summed E-state index contributed by atoms with van der Waals surface area (Å²) in [6.45, 7) is 1.65. The van der Waals surface area contributed by atoms with E-state index < -0.39 is 10.1 Å². The van der Waals surface area contributed by atoms with Crippen LogP contribution < -0.4 is 4.80 Å². The summed E-state index contributed by atoms with van der Waals surface area (Å²) < 4.78 is 38.2. The second-order valence-corrected chi connectivity index (χ2v) is 7.60. The summed E-state index contributed by atoms with van der Waals surface area (Å²) in [5.41, 5.74) is 2.16. The van der Waals surface area contributed by atoms with Crippen LogP contribution in [0.1, 0.15) is 11.1 Å². The number of oxazole rings is 1. The van der Waals surface area contributed by atoms with Crippen LogP contribution >= 0.6 is 0 Å². The van der Waals surface area contributed by atoms with Crippen molar-refractivity contribution in [1.82, 2.24) is 20.0 Å². The average molecular weight is 414 g/mol. The second-order valence-electron chi connectivity index (χ2n) is 6.21. The van der Waals surface area contributed by atoms with Crippen LogP contribution in [0.15, 0.2) is 64.4 Å². The minimum atomic E-state index is -4.49. The maximum atomic E-state index is 11.8. The quantitative estimate of drug-likeness (QED) is 0.368. The zero-order valence-corrected chi connectivity index (χ0v) is 16.0. The molecule has 2 aromatic carbocycles. The Hall–Kier alpha value is -3.41. The van der Waals surface area contributed by atoms with Gasteiger partial charge in [0.1, 0.15) is 10.6 Å². The molecular formula is C18H16N5O5S+. The molecule has 10 nitrogen and oxygen atoms in total. The third kappa shape index (κ3) is 3.53. The average Bonchev–Trinajstić information content (AvgIpc) is 3.37. The van der Waals surface area contributed by atoms with Crippen LogP contribution in [0.2, 0.25) is 0 Å². The Labute approximate surface area is 165 Å². The SMILES string of the molecule is Cc1ccc(-n2nc(-c3ccccc3S(=O)(=O)O)n[n+]2-c2cocn2)c(CO)c1. The lowest BCUT2D eigenvalue weighted by atomic mass is 10.1. The first-order valence-corrected chi connectivity index (χ1v) is 9.88. The molecule has 148 valence electrons. The third-order valence-corrected chi connectivity index (χ3v) is 5.12. The monoisotopic (exact) mass is 414 g/mol. The molecule has 0 saturated heterocycles. The van der Waals surface area contributed by atoms with Gasteiger partial charge in [-0.2, -0.15) is 8.42 Å². The van der Waals surface area contributed by atoms with E-state index in [1.165, 1.54) is 40.4 Å². The summed E-state index contributed by atoms with van der Waals surface area (Å²) in [5.74, 6) is 0.322. The summed E-state index contributed by atoms with van der Waals surface area (Å²) >= 11 is 0. The summed E-state index contributed by atoms with van der Waals surface area (Å²) in [4.78, 5) is 6.43. The lowest BCUT2D eigenvalue weighted by Gasteiger charge is -2.06. The van der Waals surface area contributed by atoms with Crippen LogP contribution in [0.3, 0.4) is 0 Å². The smallest absolute Gasteiger partial charge is 0.344 e. The maximum absolute atomic E-state index is 11.8. The number of hydrogen-bond donors (Lipinski definition) is 2. The summed E-state index contributed by atoms with van der Waals surface area (Å²) in [7, 11) is -4.49. The van der Waals surface area contributed by atoms with Gasteiger partial charge in [0, 0.05) is 10.7 Å². The first-order chi connectivity index (χ1) is 13.9. The molecule has 0 aliphatic heterocycles. The number of hydrogen-bond acceptors (Lipinski definition) is 7. The number of tetrazole rings is 1. The van der Waals surface area contributed by atoms with Gasteiger partial charge in [-0.3, -0.25) is 4.55 Å². The zero-order chi connectivity index (χ0) is 20.6. The molecule has 2 N–H and O–H groups in total. The molecule has 0 spiro atoms. The van der Waals surface area contributed by atoms with Gasteiger partial charge in [0.2, 0.25) is 0 Å². The molecule has 0 aliphatic carbocycles. The van der Waals surface area contributed by atoms with Crippen molar-refractivity contribution in [3.63, 3.8) is 0 Å². The molecule has 29 heavy (non-hydrogen) atoms. The molecule has 4 rings (SSSR count). The summed E-state index contributed by atoms with van der Waals surface area (Å²) in [6, 6.07) is 11.2. The predicted molar refractivity (Wildman–Crippen MR) is 98.9 cm³/mol. The summed E-state index contributed by atoms with van der Waals surface area (Å²) in [6.07, 6.45) is 2.56. The van der Waals surface area contributed by atoms with Crippen molar-refractivity contribution in [2.75, 3.05) is 0 Å². The Morgan fingerprint density at radius 3 is 2.69 bits per heavy atom. The lowest BCUT2D eigenvalue weighted by molar-refractivity contribution is -0.737. The van der Waals surface area contributed by atoms with Crippen molar-refractivity contribution in [1.29, 1.82) is 0 Å². The second kappa shape index (κ2) is 7.20. The largest absolute Gasteiger partial charge is 0.433 e. The Bertz CT molecular complexity index is 1280. The first-order valence-electron chi connectivity index (χ1n) is 8.44. The van der Waals surface area contributed by atoms with Crippen molar-refractivity contribution in [2.45, 2.75) is 18.4 Å². The first kappa shape index (κ1) is 18.9. The van der Waals surface area contributed by atoms with Gasteiger partial charge in [0.25, 0.3) is 22.3 Å². The van der Waals surface area contributed by atoms with Gasteiger partial charge in [-0.15, -0.1) is 0 Å². The van der Waals surface area contributed by atoms with Crippen molar-refractivity contribution >= 4 is 10.1 Å². The van der Waals surface area contributed by atoms with Crippen molar-refractivity contribution < 1.29 is 27.3 Å². The minimum absolute atomic E-state index is 0.0330. The van der Waals surface area contributed by atoms with E-state index in [4.69, 9.17) is 4.42 Å². The van der Waals surface area contributed by atoms with Crippen LogP contribution in [-0.2, 0) is 16.7 Å². The Morgan fingerprint density at radius 1 is 1.21 bits per heavy atom. The number of rotatable bonds is 5. The van der Waals surface area contributed by atoms with Crippen LogP contribution in [0.4, 0.5) is 0 Å². The van der Waals surface area contributed by atoms with Gasteiger partial charge in [-0.25, -0.2) is 0 Å². The van der Waals surface area contributed by atoms with Gasteiger partial charge in [-0.1, -0.05) is 34.8 Å². The zero-order valence-electron chi connectivity index (χ0n) is 15.2. The molecule has 0 bridgehead atoms. The van der Waals surface area contributed by atoms with Gasteiger partial charge in [0.05, 0.1) is 12.2 Å². The van der Waals surface area contributed by atoms with Crippen molar-refractivity contribution in [3.8, 4) is 22.9 Å². The fourth-order valence-corrected chi connectivity index (χ4v) is 3.60. The van der Waals surface area contributed by atoms with E-state index >= 15 is 0 Å². The van der Waals surface area contributed by atoms with E-state index in [2.05, 4.69) is 15.2 Å². The molecule has 11 heteroatoms. The molecule has 0 amide bonds. The topological polar surface area (TPSA) is 135 Å². The van der Waals surface area contributed by atoms with Crippen molar-refractivity contribution in [2.24, 2.45) is 0 Å². The van der Waals surface area contributed by atoms with E-state index in [9.17, 15) is 18.1 Å². The normalized spacial score (nSPS) is 11.7. The Kier molecular flexibility index (Phi) is 4.70. The Balaban J connectivity index is 1.99. The predicted octanol–water partition coefficient (Wildman–Crippen LogP) is 1.25. The van der Waals surface area contributed by atoms with E-state index in [1.54, 1.807) is 18.2 Å². The van der Waals surface area contributed by atoms with Crippen LogP contribution in [0.5, 0.6) is 0 Å². The minimum Gasteiger partial charge on any atom is -0.433 e. The number of aryl methyl sites for hydroxylation is 1. The number of aromatic nitrogens is 5. The lowest BCUT2D eigenvalue weighted by Crippen LogP contribution is -2.44. The van der Waals surface area contributed by atoms with E-state index in [0.29, 0.717) is 11.3 Å².